The minimum absolute atomic E-state index is 0.0422. The van der Waals surface area contributed by atoms with Crippen molar-refractivity contribution in [1.82, 2.24) is 10.2 Å². The summed E-state index contributed by atoms with van der Waals surface area (Å²) in [6.07, 6.45) is 0. The number of hydrogen-bond donors (Lipinski definition) is 1. The molecule has 0 heterocycles. The van der Waals surface area contributed by atoms with E-state index in [9.17, 15) is 18.0 Å². The Hall–Kier alpha value is -3.56. The van der Waals surface area contributed by atoms with Crippen molar-refractivity contribution in [3.63, 3.8) is 0 Å². The lowest BCUT2D eigenvalue weighted by Crippen LogP contribution is -2.51. The fraction of sp³-hybridized carbons (Fsp3) is 0.286. The second-order valence-corrected chi connectivity index (χ2v) is 11.0. The molecule has 38 heavy (non-hydrogen) atoms. The Kier molecular flexibility index (Phi) is 9.77. The molecule has 3 aromatic carbocycles. The Bertz CT molecular complexity index is 1360. The first-order valence-electron chi connectivity index (χ1n) is 12.1. The molecule has 0 bridgehead atoms. The van der Waals surface area contributed by atoms with E-state index in [1.54, 1.807) is 88.5 Å². The Labute approximate surface area is 229 Å². The molecular formula is C28H32ClN3O5S. The Morgan fingerprint density at radius 1 is 1.03 bits per heavy atom. The zero-order valence-corrected chi connectivity index (χ0v) is 23.4. The first-order chi connectivity index (χ1) is 18.1. The molecule has 3 aromatic rings. The van der Waals surface area contributed by atoms with Gasteiger partial charge in [0.05, 0.1) is 17.7 Å². The van der Waals surface area contributed by atoms with Crippen LogP contribution >= 0.6 is 11.6 Å². The first kappa shape index (κ1) is 29.0. The summed E-state index contributed by atoms with van der Waals surface area (Å²) in [5.41, 5.74) is 1.67. The number of methoxy groups -OCH3 is 1. The monoisotopic (exact) mass is 557 g/mol. The van der Waals surface area contributed by atoms with E-state index >= 15 is 0 Å². The number of ether oxygens (including phenoxy) is 1. The van der Waals surface area contributed by atoms with Crippen molar-refractivity contribution in [1.29, 1.82) is 0 Å². The van der Waals surface area contributed by atoms with Crippen LogP contribution in [-0.4, -0.2) is 51.4 Å². The number of halogens is 1. The van der Waals surface area contributed by atoms with E-state index in [0.717, 1.165) is 9.87 Å². The number of carbonyl (C=O) groups excluding carboxylic acids is 2. The van der Waals surface area contributed by atoms with Gasteiger partial charge in [-0.3, -0.25) is 13.9 Å². The van der Waals surface area contributed by atoms with E-state index in [-0.39, 0.29) is 17.3 Å². The average molecular weight is 558 g/mol. The Morgan fingerprint density at radius 3 is 2.26 bits per heavy atom. The van der Waals surface area contributed by atoms with Gasteiger partial charge in [0.25, 0.3) is 10.0 Å². The van der Waals surface area contributed by atoms with Crippen molar-refractivity contribution >= 4 is 39.1 Å². The van der Waals surface area contributed by atoms with E-state index in [2.05, 4.69) is 5.32 Å². The fourth-order valence-corrected chi connectivity index (χ4v) is 5.69. The molecule has 1 N–H and O–H groups in total. The van der Waals surface area contributed by atoms with Gasteiger partial charge in [-0.05, 0) is 74.4 Å². The van der Waals surface area contributed by atoms with Crippen molar-refractivity contribution in [3.8, 4) is 5.75 Å². The number of benzene rings is 3. The molecule has 0 spiro atoms. The summed E-state index contributed by atoms with van der Waals surface area (Å²) in [5, 5.41) is 3.19. The predicted octanol–water partition coefficient (Wildman–Crippen LogP) is 4.41. The highest BCUT2D eigenvalue weighted by Gasteiger charge is 2.33. The van der Waals surface area contributed by atoms with Crippen LogP contribution in [0.5, 0.6) is 5.75 Å². The van der Waals surface area contributed by atoms with Gasteiger partial charge < -0.3 is 15.0 Å². The molecule has 10 heteroatoms. The number of carbonyl (C=O) groups is 2. The zero-order chi connectivity index (χ0) is 27.9. The zero-order valence-electron chi connectivity index (χ0n) is 21.8. The number of nitrogens with zero attached hydrogens (tertiary/aromatic N) is 2. The third kappa shape index (κ3) is 6.85. The second kappa shape index (κ2) is 12.8. The molecule has 0 saturated heterocycles. The van der Waals surface area contributed by atoms with Gasteiger partial charge in [-0.25, -0.2) is 8.42 Å². The summed E-state index contributed by atoms with van der Waals surface area (Å²) >= 11 is 6.13. The topological polar surface area (TPSA) is 96.0 Å². The van der Waals surface area contributed by atoms with Crippen LogP contribution in [0.3, 0.4) is 0 Å². The Balaban J connectivity index is 2.04. The highest BCUT2D eigenvalue weighted by molar-refractivity contribution is 7.92. The molecule has 3 rings (SSSR count). The third-order valence-corrected chi connectivity index (χ3v) is 8.08. The van der Waals surface area contributed by atoms with Crippen LogP contribution < -0.4 is 14.4 Å². The minimum atomic E-state index is -4.13. The third-order valence-electron chi connectivity index (χ3n) is 6.07. The number of sulfonamides is 1. The van der Waals surface area contributed by atoms with E-state index in [1.165, 1.54) is 17.0 Å². The molecular weight excluding hydrogens is 526 g/mol. The summed E-state index contributed by atoms with van der Waals surface area (Å²) in [6, 6.07) is 19.0. The van der Waals surface area contributed by atoms with Crippen LogP contribution in [0.15, 0.2) is 77.7 Å². The van der Waals surface area contributed by atoms with Crippen LogP contribution in [0.1, 0.15) is 25.0 Å². The highest BCUT2D eigenvalue weighted by Crippen LogP contribution is 2.29. The molecule has 0 radical (unpaired) electrons. The van der Waals surface area contributed by atoms with E-state index in [1.807, 2.05) is 0 Å². The number of rotatable bonds is 11. The van der Waals surface area contributed by atoms with E-state index < -0.39 is 28.5 Å². The van der Waals surface area contributed by atoms with Gasteiger partial charge in [0.15, 0.2) is 0 Å². The summed E-state index contributed by atoms with van der Waals surface area (Å²) in [4.78, 5) is 28.0. The van der Waals surface area contributed by atoms with Crippen molar-refractivity contribution < 1.29 is 22.7 Å². The lowest BCUT2D eigenvalue weighted by Gasteiger charge is -2.32. The molecule has 0 saturated carbocycles. The largest absolute Gasteiger partial charge is 0.497 e. The van der Waals surface area contributed by atoms with Crippen molar-refractivity contribution in [2.75, 3.05) is 24.5 Å². The van der Waals surface area contributed by atoms with Crippen LogP contribution in [-0.2, 0) is 26.2 Å². The summed E-state index contributed by atoms with van der Waals surface area (Å²) in [5.74, 6) is -0.218. The molecule has 1 atom stereocenters. The number of hydrogen-bond acceptors (Lipinski definition) is 5. The molecule has 1 unspecified atom stereocenters. The van der Waals surface area contributed by atoms with Gasteiger partial charge in [0.1, 0.15) is 18.3 Å². The van der Waals surface area contributed by atoms with Gasteiger partial charge >= 0.3 is 0 Å². The number of amides is 2. The molecule has 0 aliphatic rings. The van der Waals surface area contributed by atoms with Crippen LogP contribution in [0.2, 0.25) is 5.02 Å². The fourth-order valence-electron chi connectivity index (χ4n) is 3.96. The molecule has 0 fully saturated rings. The number of likely N-dealkylation sites (N-methyl/N-ethyl adjacent to an activating group) is 1. The second-order valence-electron chi connectivity index (χ2n) is 8.70. The summed E-state index contributed by atoms with van der Waals surface area (Å²) in [6.45, 7) is 5.12. The van der Waals surface area contributed by atoms with E-state index in [0.29, 0.717) is 28.6 Å². The molecule has 0 aromatic heterocycles. The van der Waals surface area contributed by atoms with Gasteiger partial charge in [0, 0.05) is 18.1 Å². The standard InChI is InChI=1S/C28H32ClN3O5S/c1-5-30-28(34)21(3)31(18-22-11-14-24(37-4)15-12-22)27(33)19-32(26-16-13-23(29)17-20(26)2)38(35,36)25-9-7-6-8-10-25/h6-17,21H,5,18-19H2,1-4H3,(H,30,34). The maximum Gasteiger partial charge on any atom is 0.264 e. The SMILES string of the molecule is CCNC(=O)C(C)N(Cc1ccc(OC)cc1)C(=O)CN(c1ccc(Cl)cc1C)S(=O)(=O)c1ccccc1. The Morgan fingerprint density at radius 2 is 1.68 bits per heavy atom. The van der Waals surface area contributed by atoms with Crippen molar-refractivity contribution in [3.05, 3.63) is 88.9 Å². The molecule has 0 aliphatic carbocycles. The van der Waals surface area contributed by atoms with Gasteiger partial charge in [-0.15, -0.1) is 0 Å². The maximum atomic E-state index is 13.8. The number of nitrogens with one attached hydrogen (secondary N) is 1. The van der Waals surface area contributed by atoms with E-state index in [4.69, 9.17) is 16.3 Å². The van der Waals surface area contributed by atoms with Crippen LogP contribution in [0, 0.1) is 6.92 Å². The summed E-state index contributed by atoms with van der Waals surface area (Å²) in [7, 11) is -2.57. The average Bonchev–Trinajstić information content (AvgIpc) is 2.91. The van der Waals surface area contributed by atoms with Gasteiger partial charge in [0.2, 0.25) is 11.8 Å². The lowest BCUT2D eigenvalue weighted by molar-refractivity contribution is -0.139. The smallest absolute Gasteiger partial charge is 0.264 e. The molecule has 2 amide bonds. The van der Waals surface area contributed by atoms with Crippen molar-refractivity contribution in [2.24, 2.45) is 0 Å². The maximum absolute atomic E-state index is 13.8. The van der Waals surface area contributed by atoms with Gasteiger partial charge in [-0.1, -0.05) is 41.9 Å². The van der Waals surface area contributed by atoms with Gasteiger partial charge in [-0.2, -0.15) is 0 Å². The molecule has 0 aliphatic heterocycles. The predicted molar refractivity (Wildman–Crippen MR) is 149 cm³/mol. The molecule has 202 valence electrons. The highest BCUT2D eigenvalue weighted by atomic mass is 35.5. The minimum Gasteiger partial charge on any atom is -0.497 e. The quantitative estimate of drug-likeness (QED) is 0.377. The summed E-state index contributed by atoms with van der Waals surface area (Å²) < 4.78 is 33.9. The number of anilines is 1. The normalized spacial score (nSPS) is 11.9. The van der Waals surface area contributed by atoms with Crippen LogP contribution in [0.4, 0.5) is 5.69 Å². The molecule has 8 nitrogen and oxygen atoms in total. The first-order valence-corrected chi connectivity index (χ1v) is 13.9. The lowest BCUT2D eigenvalue weighted by atomic mass is 10.1. The van der Waals surface area contributed by atoms with Crippen molar-refractivity contribution in [2.45, 2.75) is 38.3 Å². The van der Waals surface area contributed by atoms with Crippen LogP contribution in [0.25, 0.3) is 0 Å². The number of aryl methyl sites for hydroxylation is 1.